The van der Waals surface area contributed by atoms with Crippen LogP contribution in [0.2, 0.25) is 0 Å². The average Bonchev–Trinajstić information content (AvgIpc) is 3.65. The Bertz CT molecular complexity index is 1980. The molecule has 9 nitrogen and oxygen atoms in total. The summed E-state index contributed by atoms with van der Waals surface area (Å²) >= 11 is 0. The molecule has 4 heterocycles. The van der Waals surface area contributed by atoms with E-state index in [2.05, 4.69) is 62.2 Å². The molecule has 0 unspecified atom stereocenters. The van der Waals surface area contributed by atoms with Gasteiger partial charge in [-0.2, -0.15) is 0 Å². The van der Waals surface area contributed by atoms with Gasteiger partial charge in [0.1, 0.15) is 12.4 Å². The molecule has 9 heteroatoms. The van der Waals surface area contributed by atoms with Crippen molar-refractivity contribution in [2.45, 2.75) is 70.3 Å². The van der Waals surface area contributed by atoms with E-state index in [1.807, 2.05) is 12.1 Å². The molecule has 8 rings (SSSR count). The van der Waals surface area contributed by atoms with Gasteiger partial charge in [0.15, 0.2) is 0 Å². The molecule has 0 bridgehead atoms. The largest absolute Gasteiger partial charge is 0.491 e. The molecule has 1 aromatic heterocycles. The number of fused-ring (bicyclic) bond motifs is 5. The SMILES string of the molecule is C=C1CCCN1c1ccc(N2CCN(CC(N)=O)CC2)c(CCc2ccc3c(c2)OCCn2c-3c(C3CCCCC3)c3ccc(C(=O)O)cc32)c1. The van der Waals surface area contributed by atoms with E-state index in [0.29, 0.717) is 31.2 Å². The van der Waals surface area contributed by atoms with Crippen molar-refractivity contribution >= 4 is 34.2 Å². The lowest BCUT2D eigenvalue weighted by Gasteiger charge is -2.37. The minimum absolute atomic E-state index is 0.275. The number of primary amides is 1. The Morgan fingerprint density at radius 3 is 2.45 bits per heavy atom. The van der Waals surface area contributed by atoms with Crippen molar-refractivity contribution in [2.24, 2.45) is 5.73 Å². The Hall–Kier alpha value is -4.76. The molecule has 4 aliphatic rings. The van der Waals surface area contributed by atoms with E-state index in [4.69, 9.17) is 10.5 Å². The monoisotopic (exact) mass is 687 g/mol. The number of aryl methyl sites for hydroxylation is 2. The first-order valence-electron chi connectivity index (χ1n) is 18.8. The minimum Gasteiger partial charge on any atom is -0.491 e. The van der Waals surface area contributed by atoms with E-state index in [9.17, 15) is 14.7 Å². The summed E-state index contributed by atoms with van der Waals surface area (Å²) in [7, 11) is 0. The highest BCUT2D eigenvalue weighted by Gasteiger charge is 2.30. The molecular formula is C42H49N5O4. The number of amides is 1. The van der Waals surface area contributed by atoms with Crippen LogP contribution < -0.4 is 20.3 Å². The number of nitrogens with two attached hydrogens (primary N) is 1. The van der Waals surface area contributed by atoms with E-state index >= 15 is 0 Å². The normalized spacial score (nSPS) is 18.4. The van der Waals surface area contributed by atoms with Crippen LogP contribution in [0.4, 0.5) is 11.4 Å². The quantitative estimate of drug-likeness (QED) is 0.196. The lowest BCUT2D eigenvalue weighted by atomic mass is 9.81. The van der Waals surface area contributed by atoms with Crippen LogP contribution in [0.1, 0.15) is 77.9 Å². The van der Waals surface area contributed by atoms with E-state index < -0.39 is 5.97 Å². The number of aromatic carboxylic acids is 1. The third-order valence-electron chi connectivity index (χ3n) is 11.6. The molecule has 0 radical (unpaired) electrons. The van der Waals surface area contributed by atoms with E-state index in [1.54, 1.807) is 6.07 Å². The summed E-state index contributed by atoms with van der Waals surface area (Å²) in [6.45, 7) is 10.2. The maximum atomic E-state index is 12.0. The van der Waals surface area contributed by atoms with Gasteiger partial charge < -0.3 is 29.9 Å². The van der Waals surface area contributed by atoms with Crippen molar-refractivity contribution < 1.29 is 19.4 Å². The van der Waals surface area contributed by atoms with Crippen LogP contribution in [0.15, 0.2) is 66.9 Å². The molecule has 0 atom stereocenters. The predicted molar refractivity (Wildman–Crippen MR) is 203 cm³/mol. The van der Waals surface area contributed by atoms with Crippen LogP contribution >= 0.6 is 0 Å². The Morgan fingerprint density at radius 2 is 1.71 bits per heavy atom. The summed E-state index contributed by atoms with van der Waals surface area (Å²) in [5.74, 6) is 0.195. The Kier molecular flexibility index (Phi) is 9.23. The molecule has 51 heavy (non-hydrogen) atoms. The standard InChI is InChI=1S/C42H49N5O4/c1-28-6-5-17-46(28)33-13-16-36(45-20-18-44(19-21-45)27-39(43)48)31(25-33)11-9-29-10-14-35-38(24-29)51-23-22-47-37-26-32(42(49)50)12-15-34(37)40(41(35)47)30-7-3-2-4-8-30/h10,12-16,24-26,30H,1-9,11,17-23,27H2,(H2,43,48)(H,49,50). The number of piperazine rings is 1. The number of benzene rings is 3. The minimum atomic E-state index is -0.897. The highest BCUT2D eigenvalue weighted by molar-refractivity contribution is 5.98. The highest BCUT2D eigenvalue weighted by atomic mass is 16.5. The molecule has 3 aliphatic heterocycles. The van der Waals surface area contributed by atoms with Crippen molar-refractivity contribution in [2.75, 3.05) is 55.7 Å². The average molecular weight is 688 g/mol. The smallest absolute Gasteiger partial charge is 0.335 e. The molecular weight excluding hydrogens is 638 g/mol. The van der Waals surface area contributed by atoms with Crippen molar-refractivity contribution in [1.82, 2.24) is 9.47 Å². The van der Waals surface area contributed by atoms with E-state index in [1.165, 1.54) is 64.1 Å². The maximum absolute atomic E-state index is 12.0. The van der Waals surface area contributed by atoms with Crippen LogP contribution in [-0.4, -0.2) is 72.3 Å². The molecule has 1 aliphatic carbocycles. The van der Waals surface area contributed by atoms with Crippen LogP contribution in [0.25, 0.3) is 22.2 Å². The van der Waals surface area contributed by atoms with Gasteiger partial charge in [-0.15, -0.1) is 0 Å². The second kappa shape index (κ2) is 14.1. The van der Waals surface area contributed by atoms with E-state index in [0.717, 1.165) is 88.1 Å². The first kappa shape index (κ1) is 33.4. The van der Waals surface area contributed by atoms with Gasteiger partial charge >= 0.3 is 5.97 Å². The van der Waals surface area contributed by atoms with Gasteiger partial charge in [0.25, 0.3) is 0 Å². The lowest BCUT2D eigenvalue weighted by Crippen LogP contribution is -2.49. The zero-order chi connectivity index (χ0) is 35.1. The first-order valence-corrected chi connectivity index (χ1v) is 18.8. The molecule has 3 N–H and O–H groups in total. The zero-order valence-corrected chi connectivity index (χ0v) is 29.5. The molecule has 4 aromatic rings. The van der Waals surface area contributed by atoms with Crippen LogP contribution in [0.3, 0.4) is 0 Å². The molecule has 266 valence electrons. The van der Waals surface area contributed by atoms with Gasteiger partial charge in [-0.25, -0.2) is 4.79 Å². The fraction of sp³-hybridized carbons (Fsp3) is 0.429. The number of allylic oxidation sites excluding steroid dienone is 1. The van der Waals surface area contributed by atoms with Gasteiger partial charge in [-0.05, 0) is 104 Å². The third-order valence-corrected chi connectivity index (χ3v) is 11.6. The number of carboxylic acids is 1. The van der Waals surface area contributed by atoms with Crippen LogP contribution in [-0.2, 0) is 24.2 Å². The highest BCUT2D eigenvalue weighted by Crippen LogP contribution is 2.47. The number of hydrogen-bond acceptors (Lipinski definition) is 6. The number of ether oxygens (including phenoxy) is 1. The fourth-order valence-electron chi connectivity index (χ4n) is 9.06. The van der Waals surface area contributed by atoms with Gasteiger partial charge in [0.05, 0.1) is 24.3 Å². The topological polar surface area (TPSA) is 104 Å². The summed E-state index contributed by atoms with van der Waals surface area (Å²) in [6, 6.07) is 19.3. The Balaban J connectivity index is 1.11. The van der Waals surface area contributed by atoms with E-state index in [-0.39, 0.29) is 5.91 Å². The lowest BCUT2D eigenvalue weighted by molar-refractivity contribution is -0.119. The molecule has 0 spiro atoms. The van der Waals surface area contributed by atoms with Crippen molar-refractivity contribution in [1.29, 1.82) is 0 Å². The van der Waals surface area contributed by atoms with Gasteiger partial charge in [0.2, 0.25) is 5.91 Å². The number of carbonyl (C=O) groups is 2. The fourth-order valence-corrected chi connectivity index (χ4v) is 9.06. The van der Waals surface area contributed by atoms with Gasteiger partial charge in [-0.3, -0.25) is 9.69 Å². The van der Waals surface area contributed by atoms with Gasteiger partial charge in [-0.1, -0.05) is 38.0 Å². The third kappa shape index (κ3) is 6.60. The number of anilines is 2. The number of nitrogens with zero attached hydrogens (tertiary/aromatic N) is 4. The Labute approximate surface area is 300 Å². The molecule has 3 fully saturated rings. The number of carboxylic acid groups (broad SMARTS) is 1. The maximum Gasteiger partial charge on any atom is 0.335 e. The van der Waals surface area contributed by atoms with Crippen LogP contribution in [0, 0.1) is 0 Å². The molecule has 1 saturated carbocycles. The first-order chi connectivity index (χ1) is 24.8. The summed E-state index contributed by atoms with van der Waals surface area (Å²) in [4.78, 5) is 30.5. The van der Waals surface area contributed by atoms with Crippen molar-refractivity contribution in [3.05, 3.63) is 89.1 Å². The van der Waals surface area contributed by atoms with Crippen LogP contribution in [0.5, 0.6) is 5.75 Å². The second-order valence-electron chi connectivity index (χ2n) is 14.8. The number of carbonyl (C=O) groups excluding carboxylic acids is 1. The summed E-state index contributed by atoms with van der Waals surface area (Å²) in [5.41, 5.74) is 16.7. The predicted octanol–water partition coefficient (Wildman–Crippen LogP) is 6.95. The number of rotatable bonds is 9. The summed E-state index contributed by atoms with van der Waals surface area (Å²) < 4.78 is 8.83. The molecule has 3 aromatic carbocycles. The van der Waals surface area contributed by atoms with Crippen molar-refractivity contribution in [3.63, 3.8) is 0 Å². The molecule has 2 saturated heterocycles. The molecule has 1 amide bonds. The van der Waals surface area contributed by atoms with Gasteiger partial charge in [0, 0.05) is 66.3 Å². The summed E-state index contributed by atoms with van der Waals surface area (Å²) in [5, 5.41) is 11.0. The number of hydrogen-bond donors (Lipinski definition) is 2. The second-order valence-corrected chi connectivity index (χ2v) is 14.8. The summed E-state index contributed by atoms with van der Waals surface area (Å²) in [6.07, 6.45) is 9.98. The van der Waals surface area contributed by atoms with Crippen molar-refractivity contribution in [3.8, 4) is 17.0 Å². The number of aromatic nitrogens is 1. The zero-order valence-electron chi connectivity index (χ0n) is 29.5. The Morgan fingerprint density at radius 1 is 0.882 bits per heavy atom.